The van der Waals surface area contributed by atoms with Gasteiger partial charge in [0.05, 0.1) is 6.61 Å². The lowest BCUT2D eigenvalue weighted by Gasteiger charge is -2.10. The van der Waals surface area contributed by atoms with Crippen molar-refractivity contribution in [3.63, 3.8) is 0 Å². The van der Waals surface area contributed by atoms with Gasteiger partial charge in [-0.3, -0.25) is 4.79 Å². The second kappa shape index (κ2) is 7.41. The van der Waals surface area contributed by atoms with Gasteiger partial charge in [0.15, 0.2) is 5.11 Å². The van der Waals surface area contributed by atoms with Gasteiger partial charge >= 0.3 is 5.97 Å². The van der Waals surface area contributed by atoms with Crippen LogP contribution in [0.25, 0.3) is 0 Å². The van der Waals surface area contributed by atoms with E-state index in [-0.39, 0.29) is 12.5 Å². The first-order valence-electron chi connectivity index (χ1n) is 5.18. The highest BCUT2D eigenvalue weighted by atomic mass is 35.5. The molecule has 0 amide bonds. The molecule has 0 atom stereocenters. The molecule has 7 heteroatoms. The van der Waals surface area contributed by atoms with Gasteiger partial charge in [0.25, 0.3) is 0 Å². The number of carbonyl (C=O) groups is 1. The van der Waals surface area contributed by atoms with Crippen LogP contribution >= 0.6 is 35.4 Å². The van der Waals surface area contributed by atoms with E-state index in [4.69, 9.17) is 40.2 Å². The second-order valence-electron chi connectivity index (χ2n) is 3.27. The number of hydrogen-bond donors (Lipinski definition) is 2. The molecule has 1 aromatic rings. The molecule has 1 rings (SSSR count). The molecule has 0 saturated carbocycles. The average molecular weight is 307 g/mol. The molecule has 0 aliphatic carbocycles. The Bertz CT molecular complexity index is 434. The summed E-state index contributed by atoms with van der Waals surface area (Å²) in [5, 5.41) is 6.87. The summed E-state index contributed by atoms with van der Waals surface area (Å²) in [7, 11) is 0. The highest BCUT2D eigenvalue weighted by molar-refractivity contribution is 7.80. The quantitative estimate of drug-likeness (QED) is 0.662. The van der Waals surface area contributed by atoms with Gasteiger partial charge in [-0.1, -0.05) is 23.2 Å². The minimum Gasteiger partial charge on any atom is -0.465 e. The van der Waals surface area contributed by atoms with Crippen molar-refractivity contribution in [3.05, 3.63) is 28.2 Å². The van der Waals surface area contributed by atoms with Crippen molar-refractivity contribution < 1.29 is 9.53 Å². The number of thiocarbonyl (C=S) groups is 1. The number of halogens is 2. The summed E-state index contributed by atoms with van der Waals surface area (Å²) in [6.45, 7) is 2.08. The molecule has 1 aromatic carbocycles. The number of carbonyl (C=O) groups excluding carboxylic acids is 1. The summed E-state index contributed by atoms with van der Waals surface area (Å²) >= 11 is 16.7. The van der Waals surface area contributed by atoms with Gasteiger partial charge in [-0.25, -0.2) is 0 Å². The van der Waals surface area contributed by atoms with Crippen LogP contribution in [0.3, 0.4) is 0 Å². The van der Waals surface area contributed by atoms with Gasteiger partial charge < -0.3 is 15.4 Å². The number of esters is 1. The van der Waals surface area contributed by atoms with Gasteiger partial charge in [-0.2, -0.15) is 0 Å². The van der Waals surface area contributed by atoms with E-state index in [0.717, 1.165) is 0 Å². The zero-order valence-corrected chi connectivity index (χ0v) is 12.0. The summed E-state index contributed by atoms with van der Waals surface area (Å²) in [5.74, 6) is -0.370. The van der Waals surface area contributed by atoms with Crippen LogP contribution in [0.15, 0.2) is 18.2 Å². The normalized spacial score (nSPS) is 9.72. The standard InChI is InChI=1S/C11H12Cl2N2O2S/c1-2-17-10(16)6-14-11(18)15-9-4-7(12)3-8(13)5-9/h3-5H,2,6H2,1H3,(H2,14,15,18). The SMILES string of the molecule is CCOC(=O)CNC(=S)Nc1cc(Cl)cc(Cl)c1. The van der Waals surface area contributed by atoms with Gasteiger partial charge in [0.1, 0.15) is 6.54 Å². The Kier molecular flexibility index (Phi) is 6.18. The van der Waals surface area contributed by atoms with Crippen molar-refractivity contribution in [3.8, 4) is 0 Å². The molecular weight excluding hydrogens is 295 g/mol. The maximum absolute atomic E-state index is 11.1. The van der Waals surface area contributed by atoms with E-state index in [2.05, 4.69) is 10.6 Å². The molecule has 0 aliphatic rings. The van der Waals surface area contributed by atoms with Crippen LogP contribution in [0.4, 0.5) is 5.69 Å². The van der Waals surface area contributed by atoms with Gasteiger partial charge in [-0.05, 0) is 37.3 Å². The number of nitrogens with one attached hydrogen (secondary N) is 2. The van der Waals surface area contributed by atoms with Crippen molar-refractivity contribution in [2.45, 2.75) is 6.92 Å². The number of hydrogen-bond acceptors (Lipinski definition) is 3. The van der Waals surface area contributed by atoms with E-state index in [1.54, 1.807) is 25.1 Å². The Morgan fingerprint density at radius 1 is 1.33 bits per heavy atom. The smallest absolute Gasteiger partial charge is 0.325 e. The molecule has 0 radical (unpaired) electrons. The Labute approximate surface area is 121 Å². The third-order valence-electron chi connectivity index (χ3n) is 1.82. The lowest BCUT2D eigenvalue weighted by Crippen LogP contribution is -2.33. The number of benzene rings is 1. The highest BCUT2D eigenvalue weighted by Gasteiger charge is 2.04. The minimum absolute atomic E-state index is 0.00791. The Hall–Kier alpha value is -1.04. The molecule has 98 valence electrons. The van der Waals surface area contributed by atoms with Crippen molar-refractivity contribution in [2.75, 3.05) is 18.5 Å². The number of anilines is 1. The third-order valence-corrected chi connectivity index (χ3v) is 2.50. The topological polar surface area (TPSA) is 50.4 Å². The fourth-order valence-corrected chi connectivity index (χ4v) is 1.88. The van der Waals surface area contributed by atoms with Crippen molar-refractivity contribution >= 4 is 52.2 Å². The predicted octanol–water partition coefficient (Wildman–Crippen LogP) is 2.84. The maximum atomic E-state index is 11.1. The maximum Gasteiger partial charge on any atom is 0.325 e. The molecule has 18 heavy (non-hydrogen) atoms. The molecular formula is C11H12Cl2N2O2S. The molecule has 0 spiro atoms. The van der Waals surface area contributed by atoms with Crippen LogP contribution in [-0.2, 0) is 9.53 Å². The number of ether oxygens (including phenoxy) is 1. The molecule has 0 bridgehead atoms. The fraction of sp³-hybridized carbons (Fsp3) is 0.273. The lowest BCUT2D eigenvalue weighted by atomic mass is 10.3. The molecule has 4 nitrogen and oxygen atoms in total. The highest BCUT2D eigenvalue weighted by Crippen LogP contribution is 2.22. The van der Waals surface area contributed by atoms with Crippen molar-refractivity contribution in [2.24, 2.45) is 0 Å². The summed E-state index contributed by atoms with van der Waals surface area (Å²) in [6.07, 6.45) is 0. The third kappa shape index (κ3) is 5.53. The molecule has 0 saturated heterocycles. The van der Waals surface area contributed by atoms with Crippen LogP contribution in [-0.4, -0.2) is 24.2 Å². The van der Waals surface area contributed by atoms with Crippen LogP contribution in [0.5, 0.6) is 0 Å². The van der Waals surface area contributed by atoms with Gasteiger partial charge in [-0.15, -0.1) is 0 Å². The Morgan fingerprint density at radius 3 is 2.50 bits per heavy atom. The van der Waals surface area contributed by atoms with E-state index in [9.17, 15) is 4.79 Å². The first-order valence-corrected chi connectivity index (χ1v) is 6.34. The number of rotatable bonds is 4. The average Bonchev–Trinajstić information content (AvgIpc) is 2.25. The molecule has 0 aromatic heterocycles. The monoisotopic (exact) mass is 306 g/mol. The van der Waals surface area contributed by atoms with E-state index in [1.165, 1.54) is 0 Å². The van der Waals surface area contributed by atoms with Crippen molar-refractivity contribution in [1.29, 1.82) is 0 Å². The first-order chi connectivity index (χ1) is 8.51. The van der Waals surface area contributed by atoms with E-state index >= 15 is 0 Å². The van der Waals surface area contributed by atoms with Crippen LogP contribution < -0.4 is 10.6 Å². The predicted molar refractivity (Wildman–Crippen MR) is 77.3 cm³/mol. The molecule has 0 heterocycles. The molecule has 2 N–H and O–H groups in total. The molecule has 0 fully saturated rings. The second-order valence-corrected chi connectivity index (χ2v) is 4.55. The molecule has 0 unspecified atom stereocenters. The van der Waals surface area contributed by atoms with Gasteiger partial charge in [0, 0.05) is 15.7 Å². The van der Waals surface area contributed by atoms with E-state index < -0.39 is 0 Å². The minimum atomic E-state index is -0.370. The fourth-order valence-electron chi connectivity index (χ4n) is 1.17. The largest absolute Gasteiger partial charge is 0.465 e. The van der Waals surface area contributed by atoms with Crippen LogP contribution in [0.2, 0.25) is 10.0 Å². The summed E-state index contributed by atoms with van der Waals surface area (Å²) < 4.78 is 4.75. The Morgan fingerprint density at radius 2 is 1.94 bits per heavy atom. The zero-order chi connectivity index (χ0) is 13.5. The van der Waals surface area contributed by atoms with E-state index in [1.807, 2.05) is 0 Å². The molecule has 0 aliphatic heterocycles. The Balaban J connectivity index is 2.47. The lowest BCUT2D eigenvalue weighted by molar-refractivity contribution is -0.141. The summed E-state index contributed by atoms with van der Waals surface area (Å²) in [5.41, 5.74) is 0.647. The van der Waals surface area contributed by atoms with Crippen LogP contribution in [0, 0.1) is 0 Å². The van der Waals surface area contributed by atoms with Crippen LogP contribution in [0.1, 0.15) is 6.92 Å². The van der Waals surface area contributed by atoms with E-state index in [0.29, 0.717) is 27.5 Å². The summed E-state index contributed by atoms with van der Waals surface area (Å²) in [6, 6.07) is 4.96. The first kappa shape index (κ1) is 15.0. The summed E-state index contributed by atoms with van der Waals surface area (Å²) in [4.78, 5) is 11.1. The zero-order valence-electron chi connectivity index (χ0n) is 9.63. The van der Waals surface area contributed by atoms with Gasteiger partial charge in [0.2, 0.25) is 0 Å². The van der Waals surface area contributed by atoms with Crippen molar-refractivity contribution in [1.82, 2.24) is 5.32 Å².